The summed E-state index contributed by atoms with van der Waals surface area (Å²) < 4.78 is 26.9. The van der Waals surface area contributed by atoms with Gasteiger partial charge < -0.3 is 4.98 Å². The summed E-state index contributed by atoms with van der Waals surface area (Å²) in [4.78, 5) is 3.52. The lowest BCUT2D eigenvalue weighted by molar-refractivity contribution is 0.565. The van der Waals surface area contributed by atoms with E-state index in [2.05, 4.69) is 18.0 Å². The molecule has 0 spiro atoms. The minimum absolute atomic E-state index is 0.348. The molecule has 0 radical (unpaired) electrons. The van der Waals surface area contributed by atoms with Crippen LogP contribution in [0.15, 0.2) is 53.6 Å². The molecule has 1 atom stereocenters. The van der Waals surface area contributed by atoms with E-state index in [-0.39, 0.29) is 0 Å². The molecule has 3 rings (SSSR count). The first-order valence-corrected chi connectivity index (χ1v) is 10.8. The molecule has 2 aromatic carbocycles. The fourth-order valence-electron chi connectivity index (χ4n) is 3.43. The van der Waals surface area contributed by atoms with Gasteiger partial charge in [-0.3, -0.25) is 0 Å². The number of rotatable bonds is 7. The van der Waals surface area contributed by atoms with Crippen molar-refractivity contribution >= 4 is 20.7 Å². The molecule has 4 nitrogen and oxygen atoms in total. The van der Waals surface area contributed by atoms with Crippen LogP contribution in [0.4, 0.5) is 0 Å². The molecule has 0 aliphatic carbocycles. The molecule has 0 aliphatic rings. The number of nitriles is 1. The number of H-pyrrole nitrogens is 1. The van der Waals surface area contributed by atoms with Gasteiger partial charge in [0.15, 0.2) is 9.84 Å². The third kappa shape index (κ3) is 3.91. The molecule has 1 aromatic heterocycles. The molecule has 0 aliphatic heterocycles. The first-order valence-electron chi connectivity index (χ1n) is 9.29. The maximum absolute atomic E-state index is 13.5. The Morgan fingerprint density at radius 3 is 2.52 bits per heavy atom. The molecule has 0 bridgehead atoms. The van der Waals surface area contributed by atoms with Crippen molar-refractivity contribution in [3.05, 3.63) is 65.4 Å². The predicted octanol–water partition coefficient (Wildman–Crippen LogP) is 5.44. The van der Waals surface area contributed by atoms with Crippen molar-refractivity contribution in [3.8, 4) is 6.07 Å². The fourth-order valence-corrected chi connectivity index (χ4v) is 5.28. The van der Waals surface area contributed by atoms with Crippen LogP contribution in [0.5, 0.6) is 0 Å². The summed E-state index contributed by atoms with van der Waals surface area (Å²) in [5.41, 5.74) is 3.16. The van der Waals surface area contributed by atoms with E-state index >= 15 is 0 Å². The molecule has 0 saturated heterocycles. The van der Waals surface area contributed by atoms with Gasteiger partial charge in [0, 0.05) is 17.1 Å². The molecule has 5 heteroatoms. The van der Waals surface area contributed by atoms with Crippen molar-refractivity contribution in [1.82, 2.24) is 4.98 Å². The average Bonchev–Trinajstić information content (AvgIpc) is 3.08. The molecule has 3 aromatic rings. The smallest absolute Gasteiger partial charge is 0.185 e. The largest absolute Gasteiger partial charge is 0.361 e. The van der Waals surface area contributed by atoms with Gasteiger partial charge in [-0.25, -0.2) is 8.42 Å². The van der Waals surface area contributed by atoms with Crippen LogP contribution >= 0.6 is 0 Å². The Morgan fingerprint density at radius 1 is 1.11 bits per heavy atom. The van der Waals surface area contributed by atoms with E-state index in [1.165, 1.54) is 0 Å². The van der Waals surface area contributed by atoms with Gasteiger partial charge >= 0.3 is 0 Å². The van der Waals surface area contributed by atoms with E-state index in [1.54, 1.807) is 30.5 Å². The first-order chi connectivity index (χ1) is 13.0. The zero-order valence-electron chi connectivity index (χ0n) is 15.7. The quantitative estimate of drug-likeness (QED) is 0.554. The highest BCUT2D eigenvalue weighted by atomic mass is 32.2. The normalized spacial score (nSPS) is 12.8. The lowest BCUT2D eigenvalue weighted by atomic mass is 10.0. The van der Waals surface area contributed by atoms with E-state index in [9.17, 15) is 13.7 Å². The summed E-state index contributed by atoms with van der Waals surface area (Å²) in [6.45, 7) is 4.05. The monoisotopic (exact) mass is 380 g/mol. The number of nitrogens with zero attached hydrogens (tertiary/aromatic N) is 1. The lowest BCUT2D eigenvalue weighted by Crippen LogP contribution is -2.14. The Kier molecular flexibility index (Phi) is 5.67. The highest BCUT2D eigenvalue weighted by Gasteiger charge is 2.30. The van der Waals surface area contributed by atoms with Crippen LogP contribution in [-0.4, -0.2) is 13.4 Å². The van der Waals surface area contributed by atoms with Gasteiger partial charge in [0.05, 0.1) is 21.8 Å². The highest BCUT2D eigenvalue weighted by molar-refractivity contribution is 7.91. The van der Waals surface area contributed by atoms with Gasteiger partial charge in [-0.15, -0.1) is 0 Å². The number of aromatic amines is 1. The average molecular weight is 381 g/mol. The van der Waals surface area contributed by atoms with Gasteiger partial charge in [-0.1, -0.05) is 43.9 Å². The summed E-state index contributed by atoms with van der Waals surface area (Å²) >= 11 is 0. The number of hydrogen-bond donors (Lipinski definition) is 1. The second-order valence-electron chi connectivity index (χ2n) is 6.96. The Hall–Kier alpha value is -2.58. The molecule has 1 heterocycles. The van der Waals surface area contributed by atoms with Crippen molar-refractivity contribution in [1.29, 1.82) is 5.26 Å². The van der Waals surface area contributed by atoms with Crippen molar-refractivity contribution < 1.29 is 8.42 Å². The van der Waals surface area contributed by atoms with Crippen LogP contribution in [-0.2, 0) is 9.84 Å². The molecule has 0 saturated carbocycles. The summed E-state index contributed by atoms with van der Waals surface area (Å²) in [7, 11) is -3.54. The number of benzene rings is 2. The Labute approximate surface area is 160 Å². The molecular formula is C22H24N2O2S. The van der Waals surface area contributed by atoms with Crippen LogP contribution in [0.1, 0.15) is 54.5 Å². The summed E-state index contributed by atoms with van der Waals surface area (Å²) in [5.74, 6) is 0. The molecule has 1 N–H and O–H groups in total. The van der Waals surface area contributed by atoms with Crippen LogP contribution in [0.3, 0.4) is 0 Å². The fraction of sp³-hybridized carbons (Fsp3) is 0.318. The number of nitrogens with one attached hydrogen (secondary N) is 1. The van der Waals surface area contributed by atoms with Gasteiger partial charge in [-0.05, 0) is 49.2 Å². The van der Waals surface area contributed by atoms with E-state index in [4.69, 9.17) is 0 Å². The zero-order valence-corrected chi connectivity index (χ0v) is 16.5. The van der Waals surface area contributed by atoms with Gasteiger partial charge in [0.25, 0.3) is 0 Å². The van der Waals surface area contributed by atoms with Crippen molar-refractivity contribution in [3.63, 3.8) is 0 Å². The van der Waals surface area contributed by atoms with Gasteiger partial charge in [-0.2, -0.15) is 5.26 Å². The number of fused-ring (bicyclic) bond motifs is 1. The third-order valence-electron chi connectivity index (χ3n) is 4.98. The molecule has 0 fully saturated rings. The second-order valence-corrected chi connectivity index (χ2v) is 9.09. The Bertz CT molecular complexity index is 1070. The van der Waals surface area contributed by atoms with Crippen LogP contribution < -0.4 is 0 Å². The van der Waals surface area contributed by atoms with Crippen LogP contribution in [0.25, 0.3) is 10.9 Å². The maximum Gasteiger partial charge on any atom is 0.185 e. The summed E-state index contributed by atoms with van der Waals surface area (Å²) in [6.07, 6.45) is 5.22. The first kappa shape index (κ1) is 19.2. The molecule has 1 unspecified atom stereocenters. The van der Waals surface area contributed by atoms with Crippen molar-refractivity contribution in [2.24, 2.45) is 0 Å². The number of sulfone groups is 1. The topological polar surface area (TPSA) is 73.7 Å². The lowest BCUT2D eigenvalue weighted by Gasteiger charge is -2.18. The van der Waals surface area contributed by atoms with Crippen LogP contribution in [0.2, 0.25) is 0 Å². The van der Waals surface area contributed by atoms with E-state index in [0.717, 1.165) is 41.3 Å². The van der Waals surface area contributed by atoms with E-state index in [0.29, 0.717) is 16.9 Å². The number of aromatic nitrogens is 1. The van der Waals surface area contributed by atoms with Crippen molar-refractivity contribution in [2.75, 3.05) is 0 Å². The highest BCUT2D eigenvalue weighted by Crippen LogP contribution is 2.37. The summed E-state index contributed by atoms with van der Waals surface area (Å²) in [5, 5.41) is 9.40. The molecule has 140 valence electrons. The second kappa shape index (κ2) is 7.98. The van der Waals surface area contributed by atoms with Crippen LogP contribution in [0, 0.1) is 18.3 Å². The third-order valence-corrected chi connectivity index (χ3v) is 7.15. The van der Waals surface area contributed by atoms with Crippen molar-refractivity contribution in [2.45, 2.75) is 49.7 Å². The van der Waals surface area contributed by atoms with E-state index in [1.807, 2.05) is 25.1 Å². The maximum atomic E-state index is 13.5. The minimum Gasteiger partial charge on any atom is -0.361 e. The Balaban J connectivity index is 2.11. The SMILES string of the molecule is CCCCCC(c1c[nH]c2ccc(C#N)cc12)S(=O)(=O)c1ccc(C)cc1. The van der Waals surface area contributed by atoms with Gasteiger partial charge in [0.1, 0.15) is 0 Å². The number of unbranched alkanes of at least 4 members (excludes halogenated alkanes) is 2. The predicted molar refractivity (Wildman–Crippen MR) is 108 cm³/mol. The molecule has 27 heavy (non-hydrogen) atoms. The van der Waals surface area contributed by atoms with Gasteiger partial charge in [0.2, 0.25) is 0 Å². The number of hydrogen-bond acceptors (Lipinski definition) is 3. The molecular weight excluding hydrogens is 356 g/mol. The standard InChI is InChI=1S/C22H24N2O2S/c1-3-4-5-6-22(27(25,26)18-10-7-16(2)8-11-18)20-15-24-21-12-9-17(14-23)13-19(20)21/h7-13,15,22,24H,3-6H2,1-2H3. The van der Waals surface area contributed by atoms with E-state index < -0.39 is 15.1 Å². The molecule has 0 amide bonds. The Morgan fingerprint density at radius 2 is 1.85 bits per heavy atom. The zero-order chi connectivity index (χ0) is 19.4. The minimum atomic E-state index is -3.54. The number of aryl methyl sites for hydroxylation is 1. The summed E-state index contributed by atoms with van der Waals surface area (Å²) in [6, 6.07) is 14.5.